The number of carbonyl (C=O) groups is 2. The Kier molecular flexibility index (Phi) is 6.45. The number of allylic oxidation sites excluding steroid dienone is 1. The lowest BCUT2D eigenvalue weighted by molar-refractivity contribution is -0.143. The summed E-state index contributed by atoms with van der Waals surface area (Å²) in [5.41, 5.74) is 0.362. The van der Waals surface area contributed by atoms with Gasteiger partial charge in [-0.2, -0.15) is 0 Å². The highest BCUT2D eigenvalue weighted by atomic mass is 16.5. The second-order valence-electron chi connectivity index (χ2n) is 2.76. The molecule has 0 aliphatic heterocycles. The molecule has 0 rings (SSSR count). The Balaban J connectivity index is 4.39. The van der Waals surface area contributed by atoms with Gasteiger partial charge in [-0.05, 0) is 6.42 Å². The zero-order valence-electron chi connectivity index (χ0n) is 8.83. The van der Waals surface area contributed by atoms with Crippen molar-refractivity contribution in [2.24, 2.45) is 0 Å². The van der Waals surface area contributed by atoms with Gasteiger partial charge in [0.05, 0.1) is 20.6 Å². The molecule has 0 bridgehead atoms. The molecule has 0 aromatic rings. The first-order valence-electron chi connectivity index (χ1n) is 4.49. The quantitative estimate of drug-likeness (QED) is 0.498. The molecule has 0 unspecified atom stereocenters. The molecule has 0 heterocycles. The summed E-state index contributed by atoms with van der Waals surface area (Å²) in [4.78, 5) is 22.1. The van der Waals surface area contributed by atoms with Gasteiger partial charge < -0.3 is 9.47 Å². The lowest BCUT2D eigenvalue weighted by atomic mass is 10.1. The summed E-state index contributed by atoms with van der Waals surface area (Å²) < 4.78 is 9.01. The molecule has 0 N–H and O–H groups in total. The Hall–Kier alpha value is -1.32. The van der Waals surface area contributed by atoms with E-state index in [0.717, 1.165) is 12.8 Å². The molecule has 0 aromatic carbocycles. The van der Waals surface area contributed by atoms with Gasteiger partial charge in [-0.25, -0.2) is 4.79 Å². The molecular formula is C10H16O4. The normalized spacial score (nSPS) is 10.9. The molecule has 0 saturated heterocycles. The van der Waals surface area contributed by atoms with E-state index in [-0.39, 0.29) is 6.42 Å². The maximum Gasteiger partial charge on any atom is 0.333 e. The van der Waals surface area contributed by atoms with Gasteiger partial charge in [-0.3, -0.25) is 4.79 Å². The summed E-state index contributed by atoms with van der Waals surface area (Å²) >= 11 is 0. The molecule has 0 aromatic heterocycles. The van der Waals surface area contributed by atoms with E-state index in [1.54, 1.807) is 6.08 Å². The number of carbonyl (C=O) groups excluding carboxylic acids is 2. The fourth-order valence-corrected chi connectivity index (χ4v) is 0.905. The minimum Gasteiger partial charge on any atom is -0.469 e. The molecule has 0 amide bonds. The first-order valence-corrected chi connectivity index (χ1v) is 4.49. The average molecular weight is 200 g/mol. The molecule has 0 aliphatic rings. The van der Waals surface area contributed by atoms with Gasteiger partial charge >= 0.3 is 11.9 Å². The summed E-state index contributed by atoms with van der Waals surface area (Å²) in [6.45, 7) is 1.99. The van der Waals surface area contributed by atoms with Crippen LogP contribution in [0.4, 0.5) is 0 Å². The van der Waals surface area contributed by atoms with Crippen molar-refractivity contribution in [1.29, 1.82) is 0 Å². The number of unbranched alkanes of at least 4 members (excludes halogenated alkanes) is 1. The largest absolute Gasteiger partial charge is 0.469 e. The van der Waals surface area contributed by atoms with Crippen molar-refractivity contribution in [2.75, 3.05) is 14.2 Å². The van der Waals surface area contributed by atoms with Crippen LogP contribution in [0, 0.1) is 0 Å². The molecule has 0 fully saturated rings. The number of ether oxygens (including phenoxy) is 2. The van der Waals surface area contributed by atoms with Crippen LogP contribution in [0.1, 0.15) is 26.2 Å². The Morgan fingerprint density at radius 3 is 2.29 bits per heavy atom. The smallest absolute Gasteiger partial charge is 0.333 e. The Bertz CT molecular complexity index is 230. The highest BCUT2D eigenvalue weighted by Crippen LogP contribution is 2.07. The van der Waals surface area contributed by atoms with Gasteiger partial charge in [-0.15, -0.1) is 0 Å². The standard InChI is InChI=1S/C10H16O4/c1-4-5-6-8(10(12)14-3)7-9(11)13-2/h6H,4-5,7H2,1-3H3. The van der Waals surface area contributed by atoms with Crippen LogP contribution in [-0.4, -0.2) is 26.2 Å². The number of esters is 2. The Morgan fingerprint density at radius 1 is 1.21 bits per heavy atom. The maximum absolute atomic E-state index is 11.2. The zero-order valence-corrected chi connectivity index (χ0v) is 8.83. The van der Waals surface area contributed by atoms with Gasteiger partial charge in [0.15, 0.2) is 0 Å². The fourth-order valence-electron chi connectivity index (χ4n) is 0.905. The van der Waals surface area contributed by atoms with E-state index in [4.69, 9.17) is 0 Å². The molecule has 14 heavy (non-hydrogen) atoms. The summed E-state index contributed by atoms with van der Waals surface area (Å²) in [7, 11) is 2.58. The van der Waals surface area contributed by atoms with Crippen LogP contribution >= 0.6 is 0 Å². The van der Waals surface area contributed by atoms with Crippen molar-refractivity contribution in [3.63, 3.8) is 0 Å². The summed E-state index contributed by atoms with van der Waals surface area (Å²) in [6, 6.07) is 0. The van der Waals surface area contributed by atoms with Crippen molar-refractivity contribution in [1.82, 2.24) is 0 Å². The summed E-state index contributed by atoms with van der Waals surface area (Å²) in [5, 5.41) is 0. The molecule has 0 saturated carbocycles. The molecule has 0 radical (unpaired) electrons. The lowest BCUT2D eigenvalue weighted by Gasteiger charge is -2.03. The molecule has 4 nitrogen and oxygen atoms in total. The third kappa shape index (κ3) is 4.64. The van der Waals surface area contributed by atoms with E-state index >= 15 is 0 Å². The van der Waals surface area contributed by atoms with Crippen molar-refractivity contribution in [3.8, 4) is 0 Å². The van der Waals surface area contributed by atoms with Crippen molar-refractivity contribution in [2.45, 2.75) is 26.2 Å². The van der Waals surface area contributed by atoms with E-state index in [9.17, 15) is 9.59 Å². The van der Waals surface area contributed by atoms with Crippen LogP contribution in [0.25, 0.3) is 0 Å². The summed E-state index contributed by atoms with van der Waals surface area (Å²) in [6.07, 6.45) is 3.36. The van der Waals surface area contributed by atoms with Crippen molar-refractivity contribution in [3.05, 3.63) is 11.6 Å². The van der Waals surface area contributed by atoms with Crippen molar-refractivity contribution >= 4 is 11.9 Å². The number of hydrogen-bond donors (Lipinski definition) is 0. The minimum atomic E-state index is -0.469. The Morgan fingerprint density at radius 2 is 1.86 bits per heavy atom. The predicted octanol–water partition coefficient (Wildman–Crippen LogP) is 1.45. The monoisotopic (exact) mass is 200 g/mol. The molecular weight excluding hydrogens is 184 g/mol. The average Bonchev–Trinajstić information content (AvgIpc) is 2.22. The molecule has 4 heteroatoms. The maximum atomic E-state index is 11.2. The Labute approximate surface area is 83.9 Å². The van der Waals surface area contributed by atoms with Gasteiger partial charge in [0.2, 0.25) is 0 Å². The minimum absolute atomic E-state index is 0.0246. The lowest BCUT2D eigenvalue weighted by Crippen LogP contribution is -2.11. The van der Waals surface area contributed by atoms with Gasteiger partial charge in [-0.1, -0.05) is 19.4 Å². The first kappa shape index (κ1) is 12.7. The van der Waals surface area contributed by atoms with Crippen LogP contribution in [0.15, 0.2) is 11.6 Å². The van der Waals surface area contributed by atoms with Gasteiger partial charge in [0.25, 0.3) is 0 Å². The summed E-state index contributed by atoms with van der Waals surface area (Å²) in [5.74, 6) is -0.901. The van der Waals surface area contributed by atoms with Gasteiger partial charge in [0.1, 0.15) is 0 Å². The highest BCUT2D eigenvalue weighted by Gasteiger charge is 2.13. The molecule has 0 atom stereocenters. The van der Waals surface area contributed by atoms with E-state index in [0.29, 0.717) is 5.57 Å². The van der Waals surface area contributed by atoms with Crippen LogP contribution in [-0.2, 0) is 19.1 Å². The number of hydrogen-bond acceptors (Lipinski definition) is 4. The van der Waals surface area contributed by atoms with Crippen LogP contribution in [0.3, 0.4) is 0 Å². The molecule has 0 aliphatic carbocycles. The van der Waals surface area contributed by atoms with Crippen LogP contribution in [0.2, 0.25) is 0 Å². The highest BCUT2D eigenvalue weighted by molar-refractivity contribution is 5.93. The van der Waals surface area contributed by atoms with Crippen LogP contribution < -0.4 is 0 Å². The van der Waals surface area contributed by atoms with Crippen LogP contribution in [0.5, 0.6) is 0 Å². The second-order valence-corrected chi connectivity index (χ2v) is 2.76. The second kappa shape index (κ2) is 7.12. The van der Waals surface area contributed by atoms with Crippen molar-refractivity contribution < 1.29 is 19.1 Å². The number of methoxy groups -OCH3 is 2. The number of rotatable bonds is 5. The molecule has 80 valence electrons. The van der Waals surface area contributed by atoms with E-state index in [1.807, 2.05) is 6.92 Å². The zero-order chi connectivity index (χ0) is 11.0. The van der Waals surface area contributed by atoms with E-state index in [2.05, 4.69) is 9.47 Å². The third-order valence-corrected chi connectivity index (χ3v) is 1.69. The van der Waals surface area contributed by atoms with Gasteiger partial charge in [0, 0.05) is 5.57 Å². The van der Waals surface area contributed by atoms with E-state index < -0.39 is 11.9 Å². The van der Waals surface area contributed by atoms with E-state index in [1.165, 1.54) is 14.2 Å². The SMILES string of the molecule is CCCC=C(CC(=O)OC)C(=O)OC. The fraction of sp³-hybridized carbons (Fsp3) is 0.600. The molecule has 0 spiro atoms. The first-order chi connectivity index (χ1) is 6.65. The topological polar surface area (TPSA) is 52.6 Å². The predicted molar refractivity (Wildman–Crippen MR) is 51.6 cm³/mol. The third-order valence-electron chi connectivity index (χ3n) is 1.69.